The Balaban J connectivity index is 2.02. The Morgan fingerprint density at radius 2 is 1.61 bits per heavy atom. The van der Waals surface area contributed by atoms with E-state index < -0.39 is 33.5 Å². The molecule has 0 aliphatic carbocycles. The number of carboxylic acids is 2. The maximum atomic E-state index is 12.2. The number of nitrogens with zero attached hydrogens (tertiary/aromatic N) is 5. The van der Waals surface area contributed by atoms with Crippen LogP contribution in [0.1, 0.15) is 88.4 Å². The molecule has 1 aromatic carbocycles. The first kappa shape index (κ1) is 29.1. The van der Waals surface area contributed by atoms with Crippen molar-refractivity contribution in [1.82, 2.24) is 0 Å². The van der Waals surface area contributed by atoms with Crippen LogP contribution in [-0.2, 0) is 9.59 Å². The zero-order valence-electron chi connectivity index (χ0n) is 20.4. The Morgan fingerprint density at radius 1 is 1.03 bits per heavy atom. The van der Waals surface area contributed by atoms with Gasteiger partial charge in [-0.25, -0.2) is 0 Å². The van der Waals surface area contributed by atoms with E-state index in [0.29, 0.717) is 18.4 Å². The van der Waals surface area contributed by atoms with Crippen LogP contribution in [0.5, 0.6) is 5.75 Å². The number of nitro groups is 1. The summed E-state index contributed by atoms with van der Waals surface area (Å²) in [7, 11) is 0. The first-order valence-corrected chi connectivity index (χ1v) is 13.0. The van der Waals surface area contributed by atoms with Crippen LogP contribution in [0.25, 0.3) is 0 Å². The molecule has 36 heavy (non-hydrogen) atoms. The van der Waals surface area contributed by atoms with Crippen molar-refractivity contribution >= 4 is 29.4 Å². The van der Waals surface area contributed by atoms with Gasteiger partial charge in [0.2, 0.25) is 0 Å². The van der Waals surface area contributed by atoms with Gasteiger partial charge in [0, 0.05) is 17.7 Å². The van der Waals surface area contributed by atoms with Gasteiger partial charge in [-0.05, 0) is 22.9 Å². The van der Waals surface area contributed by atoms with Crippen LogP contribution in [0, 0.1) is 10.1 Å². The van der Waals surface area contributed by atoms with Gasteiger partial charge in [-0.15, -0.1) is 10.2 Å². The van der Waals surface area contributed by atoms with E-state index in [4.69, 9.17) is 4.74 Å². The maximum absolute atomic E-state index is 12.2. The summed E-state index contributed by atoms with van der Waals surface area (Å²) in [6.07, 6.45) is 10.8. The zero-order chi connectivity index (χ0) is 26.4. The number of rotatable bonds is 19. The lowest BCUT2D eigenvalue weighted by Crippen LogP contribution is -2.25. The topological polar surface area (TPSA) is 176 Å². The Labute approximate surface area is 213 Å². The molecule has 0 bridgehead atoms. The van der Waals surface area contributed by atoms with Crippen LogP contribution in [0.2, 0.25) is 0 Å². The van der Waals surface area contributed by atoms with Gasteiger partial charge in [0.15, 0.2) is 0 Å². The van der Waals surface area contributed by atoms with Crippen molar-refractivity contribution < 1.29 is 29.5 Å². The number of non-ortho nitro benzene ring substituents is 1. The highest BCUT2D eigenvalue weighted by atomic mass is 32.2. The Morgan fingerprint density at radius 3 is 2.14 bits per heavy atom. The second-order valence-electron chi connectivity index (χ2n) is 8.54. The summed E-state index contributed by atoms with van der Waals surface area (Å²) in [5, 5.41) is 43.1. The van der Waals surface area contributed by atoms with Gasteiger partial charge in [-0.1, -0.05) is 76.5 Å². The molecule has 0 radical (unpaired) electrons. The summed E-state index contributed by atoms with van der Waals surface area (Å²) >= 11 is 0.580. The third-order valence-electron chi connectivity index (χ3n) is 5.60. The van der Waals surface area contributed by atoms with Crippen molar-refractivity contribution in [3.05, 3.63) is 33.9 Å². The van der Waals surface area contributed by atoms with Crippen LogP contribution in [0.4, 0.5) is 5.69 Å². The van der Waals surface area contributed by atoms with Crippen molar-refractivity contribution in [2.24, 2.45) is 20.7 Å². The number of carbonyl (C=O) groups is 2. The SMILES string of the molecule is CCCCCCCCCCCCOc1ccc([N+](=O)[O-])cc1C(SC1(CC(=O)O)N=NN=N1)C(=O)O. The predicted molar refractivity (Wildman–Crippen MR) is 133 cm³/mol. The monoisotopic (exact) mass is 523 g/mol. The molecule has 1 atom stereocenters. The minimum absolute atomic E-state index is 0.0239. The van der Waals surface area contributed by atoms with Gasteiger partial charge >= 0.3 is 11.9 Å². The quantitative estimate of drug-likeness (QED) is 0.114. The molecule has 0 aromatic heterocycles. The van der Waals surface area contributed by atoms with E-state index in [1.54, 1.807) is 0 Å². The number of unbranched alkanes of at least 4 members (excludes halogenated alkanes) is 9. The molecule has 1 aliphatic heterocycles. The minimum Gasteiger partial charge on any atom is -0.493 e. The van der Waals surface area contributed by atoms with Gasteiger partial charge < -0.3 is 14.9 Å². The number of thioether (sulfide) groups is 1. The highest BCUT2D eigenvalue weighted by Gasteiger charge is 2.43. The van der Waals surface area contributed by atoms with Crippen molar-refractivity contribution in [3.8, 4) is 5.75 Å². The van der Waals surface area contributed by atoms with Crippen molar-refractivity contribution in [1.29, 1.82) is 0 Å². The lowest BCUT2D eigenvalue weighted by Gasteiger charge is -2.23. The lowest BCUT2D eigenvalue weighted by atomic mass is 10.1. The van der Waals surface area contributed by atoms with E-state index in [2.05, 4.69) is 27.6 Å². The fraction of sp³-hybridized carbons (Fsp3) is 0.652. The predicted octanol–water partition coefficient (Wildman–Crippen LogP) is 6.71. The molecule has 1 heterocycles. The Hall–Kier alpha value is -3.09. The van der Waals surface area contributed by atoms with E-state index in [1.807, 2.05) is 0 Å². The zero-order valence-corrected chi connectivity index (χ0v) is 21.2. The number of carboxylic acid groups (broad SMARTS) is 2. The number of hydrogen-bond acceptors (Lipinski definition) is 10. The van der Waals surface area contributed by atoms with Crippen LogP contribution in [0.15, 0.2) is 38.9 Å². The first-order valence-electron chi connectivity index (χ1n) is 12.2. The average molecular weight is 524 g/mol. The van der Waals surface area contributed by atoms with E-state index in [-0.39, 0.29) is 17.0 Å². The van der Waals surface area contributed by atoms with Crippen molar-refractivity contribution in [2.75, 3.05) is 6.61 Å². The fourth-order valence-corrected chi connectivity index (χ4v) is 4.91. The molecular formula is C23H33N5O7S. The molecule has 1 aromatic rings. The third-order valence-corrected chi connectivity index (χ3v) is 6.97. The van der Waals surface area contributed by atoms with Gasteiger partial charge in [0.05, 0.1) is 11.5 Å². The summed E-state index contributed by atoms with van der Waals surface area (Å²) < 4.78 is 5.83. The highest BCUT2D eigenvalue weighted by Crippen LogP contribution is 2.48. The number of aliphatic carboxylic acids is 2. The van der Waals surface area contributed by atoms with E-state index in [9.17, 15) is 29.9 Å². The van der Waals surface area contributed by atoms with Crippen LogP contribution >= 0.6 is 11.8 Å². The molecule has 0 saturated heterocycles. The number of ether oxygens (including phenoxy) is 1. The normalized spacial score (nSPS) is 14.6. The second-order valence-corrected chi connectivity index (χ2v) is 9.90. The average Bonchev–Trinajstić information content (AvgIpc) is 3.28. The summed E-state index contributed by atoms with van der Waals surface area (Å²) in [4.78, 5) is 32.4. The number of nitro benzene ring substituents is 1. The molecule has 2 N–H and O–H groups in total. The summed E-state index contributed by atoms with van der Waals surface area (Å²) in [5.74, 6) is -2.46. The van der Waals surface area contributed by atoms with Crippen LogP contribution in [-0.4, -0.2) is 38.7 Å². The molecule has 0 fully saturated rings. The highest BCUT2D eigenvalue weighted by molar-refractivity contribution is 8.01. The molecule has 12 nitrogen and oxygen atoms in total. The number of benzene rings is 1. The second kappa shape index (κ2) is 15.1. The maximum Gasteiger partial charge on any atom is 0.321 e. The van der Waals surface area contributed by atoms with Gasteiger partial charge in [-0.3, -0.25) is 19.7 Å². The van der Waals surface area contributed by atoms with Crippen molar-refractivity contribution in [2.45, 2.75) is 87.8 Å². The van der Waals surface area contributed by atoms with Crippen LogP contribution < -0.4 is 4.74 Å². The lowest BCUT2D eigenvalue weighted by molar-refractivity contribution is -0.384. The van der Waals surface area contributed by atoms with E-state index in [1.165, 1.54) is 50.7 Å². The van der Waals surface area contributed by atoms with Crippen molar-refractivity contribution in [3.63, 3.8) is 0 Å². The minimum atomic E-state index is -1.78. The smallest absolute Gasteiger partial charge is 0.321 e. The largest absolute Gasteiger partial charge is 0.493 e. The molecular weight excluding hydrogens is 490 g/mol. The summed E-state index contributed by atoms with van der Waals surface area (Å²) in [5.41, 5.74) is -0.291. The van der Waals surface area contributed by atoms with E-state index >= 15 is 0 Å². The summed E-state index contributed by atoms with van der Waals surface area (Å²) in [6.45, 7) is 2.52. The van der Waals surface area contributed by atoms with Gasteiger partial charge in [0.1, 0.15) is 17.4 Å². The van der Waals surface area contributed by atoms with E-state index in [0.717, 1.165) is 31.7 Å². The van der Waals surface area contributed by atoms with Gasteiger partial charge in [-0.2, -0.15) is 0 Å². The molecule has 13 heteroatoms. The molecule has 0 saturated carbocycles. The first-order chi connectivity index (χ1) is 17.3. The summed E-state index contributed by atoms with van der Waals surface area (Å²) in [6, 6.07) is 3.72. The molecule has 2 rings (SSSR count). The molecule has 0 spiro atoms. The number of hydrogen-bond donors (Lipinski definition) is 2. The fourth-order valence-electron chi connectivity index (χ4n) is 3.75. The molecule has 1 unspecified atom stereocenters. The third kappa shape index (κ3) is 9.51. The Bertz CT molecular complexity index is 945. The molecule has 0 amide bonds. The molecule has 198 valence electrons. The van der Waals surface area contributed by atoms with Crippen LogP contribution in [0.3, 0.4) is 0 Å². The Kier molecular flexibility index (Phi) is 12.2. The standard InChI is InChI=1S/C23H33N5O7S/c1-2-3-4-5-6-7-8-9-10-11-14-35-19-13-12-17(28(33)34)15-18(19)21(22(31)32)36-23(16-20(29)30)24-26-27-25-23/h12-13,15,21H,2-11,14,16H2,1H3,(H,29,30)(H,31,32). The van der Waals surface area contributed by atoms with Gasteiger partial charge in [0.25, 0.3) is 10.7 Å². The molecule has 1 aliphatic rings.